The van der Waals surface area contributed by atoms with Crippen molar-refractivity contribution >= 4 is 17.5 Å². The van der Waals surface area contributed by atoms with Crippen molar-refractivity contribution in [2.75, 3.05) is 27.3 Å². The second-order valence-electron chi connectivity index (χ2n) is 4.92. The maximum atomic E-state index is 12.4. The molecule has 4 nitrogen and oxygen atoms in total. The number of hydrogen-bond donors (Lipinski definition) is 0. The van der Waals surface area contributed by atoms with Gasteiger partial charge in [0.25, 0.3) is 5.91 Å². The average Bonchev–Trinajstić information content (AvgIpc) is 2.49. The maximum Gasteiger partial charge on any atom is 0.253 e. The first-order chi connectivity index (χ1) is 10.0. The molecule has 0 aromatic heterocycles. The topological polar surface area (TPSA) is 38.8 Å². The molecule has 1 aromatic carbocycles. The minimum Gasteiger partial charge on any atom is -0.493 e. The summed E-state index contributed by atoms with van der Waals surface area (Å²) in [5, 5.41) is 0.398. The molecular formula is C16H24ClNO3. The Kier molecular flexibility index (Phi) is 7.37. The molecule has 0 aliphatic rings. The van der Waals surface area contributed by atoms with E-state index in [4.69, 9.17) is 21.1 Å². The monoisotopic (exact) mass is 313 g/mol. The number of amides is 1. The number of unbranched alkanes of at least 4 members (excludes halogenated alkanes) is 1. The van der Waals surface area contributed by atoms with Gasteiger partial charge in [0.1, 0.15) is 0 Å². The van der Waals surface area contributed by atoms with Crippen LogP contribution in [0.3, 0.4) is 0 Å². The molecule has 5 heteroatoms. The number of hydrogen-bond acceptors (Lipinski definition) is 3. The molecule has 21 heavy (non-hydrogen) atoms. The fourth-order valence-electron chi connectivity index (χ4n) is 1.90. The number of rotatable bonds is 8. The molecule has 118 valence electrons. The van der Waals surface area contributed by atoms with Crippen LogP contribution < -0.4 is 9.47 Å². The van der Waals surface area contributed by atoms with Crippen LogP contribution in [-0.4, -0.2) is 38.1 Å². The molecule has 0 atom stereocenters. The highest BCUT2D eigenvalue weighted by Crippen LogP contribution is 2.36. The number of methoxy groups -OCH3 is 1. The normalized spacial score (nSPS) is 10.3. The summed E-state index contributed by atoms with van der Waals surface area (Å²) in [7, 11) is 3.33. The summed E-state index contributed by atoms with van der Waals surface area (Å²) >= 11 is 6.23. The van der Waals surface area contributed by atoms with Gasteiger partial charge in [0.2, 0.25) is 0 Å². The molecule has 0 aliphatic carbocycles. The Morgan fingerprint density at radius 1 is 1.29 bits per heavy atom. The van der Waals surface area contributed by atoms with Crippen molar-refractivity contribution in [2.24, 2.45) is 0 Å². The minimum atomic E-state index is -0.0642. The fraction of sp³-hybridized carbons (Fsp3) is 0.562. The molecule has 1 amide bonds. The van der Waals surface area contributed by atoms with Crippen molar-refractivity contribution in [1.82, 2.24) is 4.90 Å². The largest absolute Gasteiger partial charge is 0.493 e. The zero-order valence-corrected chi connectivity index (χ0v) is 14.0. The lowest BCUT2D eigenvalue weighted by Gasteiger charge is -2.18. The van der Waals surface area contributed by atoms with Gasteiger partial charge in [-0.3, -0.25) is 4.79 Å². The quantitative estimate of drug-likeness (QED) is 0.728. The first kappa shape index (κ1) is 17.6. The maximum absolute atomic E-state index is 12.4. The Morgan fingerprint density at radius 2 is 2.00 bits per heavy atom. The van der Waals surface area contributed by atoms with E-state index in [1.807, 2.05) is 6.92 Å². The predicted octanol–water partition coefficient (Wildman–Crippen LogP) is 4.01. The number of carbonyl (C=O) groups excluding carboxylic acids is 1. The van der Waals surface area contributed by atoms with Crippen LogP contribution in [0, 0.1) is 0 Å². The first-order valence-corrected chi connectivity index (χ1v) is 7.68. The predicted molar refractivity (Wildman–Crippen MR) is 85.7 cm³/mol. The van der Waals surface area contributed by atoms with Crippen molar-refractivity contribution in [3.63, 3.8) is 0 Å². The van der Waals surface area contributed by atoms with Gasteiger partial charge in [0.15, 0.2) is 11.5 Å². The number of benzene rings is 1. The Bertz CT molecular complexity index is 477. The van der Waals surface area contributed by atoms with E-state index < -0.39 is 0 Å². The van der Waals surface area contributed by atoms with Gasteiger partial charge in [-0.1, -0.05) is 31.9 Å². The van der Waals surface area contributed by atoms with E-state index in [1.54, 1.807) is 31.2 Å². The smallest absolute Gasteiger partial charge is 0.253 e. The lowest BCUT2D eigenvalue weighted by atomic mass is 10.1. The zero-order valence-electron chi connectivity index (χ0n) is 13.2. The van der Waals surface area contributed by atoms with Crippen LogP contribution in [0.5, 0.6) is 11.5 Å². The molecule has 0 bridgehead atoms. The lowest BCUT2D eigenvalue weighted by Crippen LogP contribution is -2.27. The summed E-state index contributed by atoms with van der Waals surface area (Å²) in [6, 6.07) is 3.32. The number of nitrogens with zero attached hydrogens (tertiary/aromatic N) is 1. The summed E-state index contributed by atoms with van der Waals surface area (Å²) in [4.78, 5) is 14.1. The van der Waals surface area contributed by atoms with Crippen LogP contribution in [-0.2, 0) is 0 Å². The summed E-state index contributed by atoms with van der Waals surface area (Å²) < 4.78 is 10.9. The third kappa shape index (κ3) is 4.81. The molecule has 0 N–H and O–H groups in total. The van der Waals surface area contributed by atoms with E-state index in [9.17, 15) is 4.79 Å². The van der Waals surface area contributed by atoms with Crippen LogP contribution in [0.1, 0.15) is 43.5 Å². The van der Waals surface area contributed by atoms with Gasteiger partial charge >= 0.3 is 0 Å². The van der Waals surface area contributed by atoms with Crippen molar-refractivity contribution in [1.29, 1.82) is 0 Å². The SMILES string of the molecule is CCCCN(C)C(=O)c1cc(Cl)c(OCCC)c(OC)c1. The fourth-order valence-corrected chi connectivity index (χ4v) is 2.17. The molecule has 0 saturated heterocycles. The molecule has 1 rings (SSSR count). The van der Waals surface area contributed by atoms with Crippen LogP contribution in [0.25, 0.3) is 0 Å². The van der Waals surface area contributed by atoms with E-state index in [-0.39, 0.29) is 5.91 Å². The molecule has 0 heterocycles. The van der Waals surface area contributed by atoms with E-state index in [2.05, 4.69) is 6.92 Å². The van der Waals surface area contributed by atoms with Crippen LogP contribution in [0.4, 0.5) is 0 Å². The summed E-state index contributed by atoms with van der Waals surface area (Å²) in [6.07, 6.45) is 2.90. The third-order valence-electron chi connectivity index (χ3n) is 3.12. The number of halogens is 1. The molecule has 1 aromatic rings. The number of ether oxygens (including phenoxy) is 2. The molecule has 0 aliphatic heterocycles. The molecule has 0 unspecified atom stereocenters. The first-order valence-electron chi connectivity index (χ1n) is 7.30. The van der Waals surface area contributed by atoms with Crippen LogP contribution in [0.2, 0.25) is 5.02 Å². The molecule has 0 saturated carbocycles. The van der Waals surface area contributed by atoms with Gasteiger partial charge in [-0.05, 0) is 25.0 Å². The van der Waals surface area contributed by atoms with Crippen molar-refractivity contribution < 1.29 is 14.3 Å². The Hall–Kier alpha value is -1.42. The summed E-state index contributed by atoms with van der Waals surface area (Å²) in [6.45, 7) is 5.39. The van der Waals surface area contributed by atoms with Crippen molar-refractivity contribution in [2.45, 2.75) is 33.1 Å². The van der Waals surface area contributed by atoms with E-state index in [0.29, 0.717) is 28.7 Å². The summed E-state index contributed by atoms with van der Waals surface area (Å²) in [5.41, 5.74) is 0.513. The van der Waals surface area contributed by atoms with Crippen molar-refractivity contribution in [3.05, 3.63) is 22.7 Å². The Labute approximate surface area is 132 Å². The molecular weight excluding hydrogens is 290 g/mol. The minimum absolute atomic E-state index is 0.0642. The van der Waals surface area contributed by atoms with Gasteiger partial charge in [0.05, 0.1) is 18.7 Å². The third-order valence-corrected chi connectivity index (χ3v) is 3.40. The van der Waals surface area contributed by atoms with Gasteiger partial charge in [-0.15, -0.1) is 0 Å². The zero-order chi connectivity index (χ0) is 15.8. The second kappa shape index (κ2) is 8.78. The average molecular weight is 314 g/mol. The summed E-state index contributed by atoms with van der Waals surface area (Å²) in [5.74, 6) is 0.919. The standard InChI is InChI=1S/C16H24ClNO3/c1-5-7-8-18(3)16(19)12-10-13(17)15(21-9-6-2)14(11-12)20-4/h10-11H,5-9H2,1-4H3. The van der Waals surface area contributed by atoms with E-state index in [1.165, 1.54) is 0 Å². The van der Waals surface area contributed by atoms with Crippen LogP contribution in [0.15, 0.2) is 12.1 Å². The molecule has 0 spiro atoms. The van der Waals surface area contributed by atoms with E-state index >= 15 is 0 Å². The van der Waals surface area contributed by atoms with Gasteiger partial charge < -0.3 is 14.4 Å². The highest BCUT2D eigenvalue weighted by molar-refractivity contribution is 6.32. The molecule has 0 fully saturated rings. The van der Waals surface area contributed by atoms with E-state index in [0.717, 1.165) is 25.8 Å². The van der Waals surface area contributed by atoms with Gasteiger partial charge in [-0.25, -0.2) is 0 Å². The lowest BCUT2D eigenvalue weighted by molar-refractivity contribution is 0.0793. The van der Waals surface area contributed by atoms with Gasteiger partial charge in [0, 0.05) is 19.2 Å². The Balaban J connectivity index is 2.99. The van der Waals surface area contributed by atoms with Gasteiger partial charge in [-0.2, -0.15) is 0 Å². The second-order valence-corrected chi connectivity index (χ2v) is 5.33. The Morgan fingerprint density at radius 3 is 2.57 bits per heavy atom. The number of carbonyl (C=O) groups is 1. The van der Waals surface area contributed by atoms with Crippen LogP contribution >= 0.6 is 11.6 Å². The van der Waals surface area contributed by atoms with Crippen molar-refractivity contribution in [3.8, 4) is 11.5 Å². The highest BCUT2D eigenvalue weighted by atomic mass is 35.5. The molecule has 0 radical (unpaired) electrons. The highest BCUT2D eigenvalue weighted by Gasteiger charge is 2.18.